The van der Waals surface area contributed by atoms with Gasteiger partial charge in [0.1, 0.15) is 0 Å². The van der Waals surface area contributed by atoms with Gasteiger partial charge in [0.2, 0.25) is 5.91 Å². The minimum Gasteiger partial charge on any atom is -0.338 e. The fraction of sp³-hybridized carbons (Fsp3) is 0.900. The molecule has 2 bridgehead atoms. The highest BCUT2D eigenvalue weighted by Gasteiger charge is 2.46. The fourth-order valence-electron chi connectivity index (χ4n) is 2.63. The Morgan fingerprint density at radius 3 is 2.54 bits per heavy atom. The number of hydrogen-bond acceptors (Lipinski definition) is 2. The van der Waals surface area contributed by atoms with Crippen molar-refractivity contribution in [3.05, 3.63) is 0 Å². The van der Waals surface area contributed by atoms with Gasteiger partial charge in [0, 0.05) is 24.5 Å². The van der Waals surface area contributed by atoms with Crippen LogP contribution in [-0.4, -0.2) is 29.4 Å². The zero-order valence-corrected chi connectivity index (χ0v) is 8.36. The van der Waals surface area contributed by atoms with Crippen LogP contribution in [-0.2, 0) is 4.79 Å². The summed E-state index contributed by atoms with van der Waals surface area (Å²) in [5.74, 6) is 0.974. The first-order chi connectivity index (χ1) is 6.11. The maximum atomic E-state index is 11.8. The minimum absolute atomic E-state index is 0.117. The van der Waals surface area contributed by atoms with Gasteiger partial charge in [-0.05, 0) is 18.8 Å². The Hall–Kier alpha value is -0.570. The summed E-state index contributed by atoms with van der Waals surface area (Å²) in [4.78, 5) is 13.8. The molecule has 3 heteroatoms. The highest BCUT2D eigenvalue weighted by Crippen LogP contribution is 2.37. The van der Waals surface area contributed by atoms with Crippen LogP contribution >= 0.6 is 0 Å². The third-order valence-corrected chi connectivity index (χ3v) is 3.43. The van der Waals surface area contributed by atoms with E-state index >= 15 is 0 Å². The number of nitrogens with two attached hydrogens (primary N) is 1. The molecular weight excluding hydrogens is 164 g/mol. The zero-order valence-electron chi connectivity index (χ0n) is 8.36. The van der Waals surface area contributed by atoms with Gasteiger partial charge >= 0.3 is 0 Å². The molecule has 0 aromatic carbocycles. The van der Waals surface area contributed by atoms with Crippen LogP contribution in [0.15, 0.2) is 0 Å². The SMILES string of the molecule is CC(C)C(=O)N1CC2CCC1[C@@H]2N. The Kier molecular flexibility index (Phi) is 2.06. The molecule has 2 rings (SSSR count). The Morgan fingerprint density at radius 2 is 2.15 bits per heavy atom. The van der Waals surface area contributed by atoms with E-state index in [2.05, 4.69) is 0 Å². The highest BCUT2D eigenvalue weighted by atomic mass is 16.2. The van der Waals surface area contributed by atoms with Crippen LogP contribution in [0.3, 0.4) is 0 Å². The van der Waals surface area contributed by atoms with Gasteiger partial charge in [0.25, 0.3) is 0 Å². The molecule has 1 saturated heterocycles. The van der Waals surface area contributed by atoms with E-state index in [0.29, 0.717) is 12.0 Å². The number of nitrogens with zero attached hydrogens (tertiary/aromatic N) is 1. The average molecular weight is 182 g/mol. The fourth-order valence-corrected chi connectivity index (χ4v) is 2.63. The summed E-state index contributed by atoms with van der Waals surface area (Å²) >= 11 is 0. The lowest BCUT2D eigenvalue weighted by Crippen LogP contribution is -2.43. The van der Waals surface area contributed by atoms with E-state index in [1.54, 1.807) is 0 Å². The normalized spacial score (nSPS) is 37.5. The van der Waals surface area contributed by atoms with Gasteiger partial charge in [-0.25, -0.2) is 0 Å². The number of rotatable bonds is 1. The Bertz CT molecular complexity index is 227. The number of carbonyl (C=O) groups excluding carboxylic acids is 1. The second-order valence-corrected chi connectivity index (χ2v) is 4.63. The Balaban J connectivity index is 2.08. The molecule has 0 aromatic heterocycles. The molecule has 2 fully saturated rings. The van der Waals surface area contributed by atoms with E-state index in [0.717, 1.165) is 13.0 Å². The predicted molar refractivity (Wildman–Crippen MR) is 51.0 cm³/mol. The second kappa shape index (κ2) is 2.98. The molecule has 13 heavy (non-hydrogen) atoms. The molecule has 1 aliphatic carbocycles. The van der Waals surface area contributed by atoms with Crippen molar-refractivity contribution < 1.29 is 4.79 Å². The molecule has 1 heterocycles. The standard InChI is InChI=1S/C10H18N2O/c1-6(2)10(13)12-5-7-3-4-8(12)9(7)11/h6-9H,3-5,11H2,1-2H3/t7?,8?,9-/m1/s1. The first-order valence-electron chi connectivity index (χ1n) is 5.17. The van der Waals surface area contributed by atoms with Crippen LogP contribution in [0.1, 0.15) is 26.7 Å². The van der Waals surface area contributed by atoms with Crippen molar-refractivity contribution in [2.24, 2.45) is 17.6 Å². The van der Waals surface area contributed by atoms with Gasteiger partial charge < -0.3 is 10.6 Å². The van der Waals surface area contributed by atoms with Crippen LogP contribution in [0.25, 0.3) is 0 Å². The van der Waals surface area contributed by atoms with Gasteiger partial charge in [0.05, 0.1) is 0 Å². The van der Waals surface area contributed by atoms with E-state index in [9.17, 15) is 4.79 Å². The molecule has 1 aliphatic heterocycles. The number of likely N-dealkylation sites (tertiary alicyclic amines) is 1. The van der Waals surface area contributed by atoms with Crippen molar-refractivity contribution >= 4 is 5.91 Å². The summed E-state index contributed by atoms with van der Waals surface area (Å²) < 4.78 is 0. The molecule has 0 spiro atoms. The highest BCUT2D eigenvalue weighted by molar-refractivity contribution is 5.79. The third-order valence-electron chi connectivity index (χ3n) is 3.43. The Morgan fingerprint density at radius 1 is 1.46 bits per heavy atom. The van der Waals surface area contributed by atoms with Crippen molar-refractivity contribution in [1.29, 1.82) is 0 Å². The van der Waals surface area contributed by atoms with Crippen LogP contribution in [0, 0.1) is 11.8 Å². The molecule has 0 aromatic rings. The summed E-state index contributed by atoms with van der Waals surface area (Å²) in [5, 5.41) is 0. The Labute approximate surface area is 79.3 Å². The summed E-state index contributed by atoms with van der Waals surface area (Å²) in [7, 11) is 0. The van der Waals surface area contributed by atoms with Crippen molar-refractivity contribution in [2.75, 3.05) is 6.54 Å². The summed E-state index contributed by atoms with van der Waals surface area (Å²) in [6.45, 7) is 4.82. The van der Waals surface area contributed by atoms with Gasteiger partial charge in [-0.15, -0.1) is 0 Å². The van der Waals surface area contributed by atoms with Crippen molar-refractivity contribution in [3.63, 3.8) is 0 Å². The minimum atomic E-state index is 0.117. The lowest BCUT2D eigenvalue weighted by molar-refractivity contribution is -0.136. The molecule has 3 nitrogen and oxygen atoms in total. The molecular formula is C10H18N2O. The molecule has 3 atom stereocenters. The number of fused-ring (bicyclic) bond motifs is 2. The van der Waals surface area contributed by atoms with E-state index in [-0.39, 0.29) is 17.9 Å². The molecule has 1 saturated carbocycles. The lowest BCUT2D eigenvalue weighted by Gasteiger charge is -2.28. The lowest BCUT2D eigenvalue weighted by atomic mass is 10.1. The zero-order chi connectivity index (χ0) is 9.59. The number of piperidine rings is 1. The largest absolute Gasteiger partial charge is 0.338 e. The van der Waals surface area contributed by atoms with E-state index in [1.165, 1.54) is 6.42 Å². The van der Waals surface area contributed by atoms with Gasteiger partial charge in [-0.1, -0.05) is 13.8 Å². The third kappa shape index (κ3) is 1.26. The van der Waals surface area contributed by atoms with Gasteiger partial charge in [-0.3, -0.25) is 4.79 Å². The topological polar surface area (TPSA) is 46.3 Å². The number of carbonyl (C=O) groups is 1. The molecule has 74 valence electrons. The van der Waals surface area contributed by atoms with Gasteiger partial charge in [-0.2, -0.15) is 0 Å². The average Bonchev–Trinajstić information content (AvgIpc) is 2.60. The van der Waals surface area contributed by atoms with Crippen LogP contribution in [0.2, 0.25) is 0 Å². The van der Waals surface area contributed by atoms with Crippen LogP contribution < -0.4 is 5.73 Å². The second-order valence-electron chi connectivity index (χ2n) is 4.63. The predicted octanol–water partition coefficient (Wildman–Crippen LogP) is 0.591. The molecule has 0 radical (unpaired) electrons. The molecule has 2 aliphatic rings. The number of amides is 1. The maximum absolute atomic E-state index is 11.8. The maximum Gasteiger partial charge on any atom is 0.225 e. The summed E-state index contributed by atoms with van der Waals surface area (Å²) in [6, 6.07) is 0.600. The van der Waals surface area contributed by atoms with Crippen LogP contribution in [0.5, 0.6) is 0 Å². The first kappa shape index (κ1) is 9.00. The molecule has 1 amide bonds. The van der Waals surface area contributed by atoms with E-state index in [1.807, 2.05) is 18.7 Å². The van der Waals surface area contributed by atoms with Crippen molar-refractivity contribution in [3.8, 4) is 0 Å². The smallest absolute Gasteiger partial charge is 0.225 e. The van der Waals surface area contributed by atoms with Gasteiger partial charge in [0.15, 0.2) is 0 Å². The summed E-state index contributed by atoms with van der Waals surface area (Å²) in [5.41, 5.74) is 6.02. The number of hydrogen-bond donors (Lipinski definition) is 1. The quantitative estimate of drug-likeness (QED) is 0.645. The van der Waals surface area contributed by atoms with Crippen LogP contribution in [0.4, 0.5) is 0 Å². The van der Waals surface area contributed by atoms with E-state index < -0.39 is 0 Å². The van der Waals surface area contributed by atoms with Crippen molar-refractivity contribution in [1.82, 2.24) is 4.90 Å². The van der Waals surface area contributed by atoms with Crippen molar-refractivity contribution in [2.45, 2.75) is 38.8 Å². The first-order valence-corrected chi connectivity index (χ1v) is 5.17. The van der Waals surface area contributed by atoms with E-state index in [4.69, 9.17) is 5.73 Å². The monoisotopic (exact) mass is 182 g/mol. The molecule has 2 unspecified atom stereocenters. The molecule has 2 N–H and O–H groups in total. The summed E-state index contributed by atoms with van der Waals surface area (Å²) in [6.07, 6.45) is 2.33.